The van der Waals surface area contributed by atoms with E-state index in [2.05, 4.69) is 5.32 Å². The molecule has 0 aliphatic heterocycles. The first-order chi connectivity index (χ1) is 9.72. The van der Waals surface area contributed by atoms with Crippen LogP contribution in [0.15, 0.2) is 24.3 Å². The van der Waals surface area contributed by atoms with Gasteiger partial charge in [-0.3, -0.25) is 4.79 Å². The Morgan fingerprint density at radius 1 is 1.15 bits per heavy atom. The largest absolute Gasteiger partial charge is 0.493 e. The Labute approximate surface area is 120 Å². The van der Waals surface area contributed by atoms with Crippen molar-refractivity contribution in [1.29, 1.82) is 0 Å². The fourth-order valence-electron chi connectivity index (χ4n) is 1.69. The fourth-order valence-corrected chi connectivity index (χ4v) is 1.69. The minimum Gasteiger partial charge on any atom is -0.493 e. The molecule has 112 valence electrons. The van der Waals surface area contributed by atoms with Gasteiger partial charge in [0.25, 0.3) is 0 Å². The quantitative estimate of drug-likeness (QED) is 0.507. The van der Waals surface area contributed by atoms with E-state index in [-0.39, 0.29) is 5.91 Å². The highest BCUT2D eigenvalue weighted by Gasteiger charge is 2.01. The Bertz CT molecular complexity index is 379. The normalized spacial score (nSPS) is 10.2. The van der Waals surface area contributed by atoms with E-state index in [1.54, 1.807) is 31.4 Å². The van der Waals surface area contributed by atoms with Crippen molar-refractivity contribution in [3.8, 4) is 5.75 Å². The van der Waals surface area contributed by atoms with Gasteiger partial charge >= 0.3 is 0 Å². The topological polar surface area (TPSA) is 73.6 Å². The summed E-state index contributed by atoms with van der Waals surface area (Å²) in [7, 11) is 1.70. The molecule has 1 aromatic carbocycles. The summed E-state index contributed by atoms with van der Waals surface area (Å²) in [4.78, 5) is 11.5. The molecule has 0 atom stereocenters. The zero-order valence-corrected chi connectivity index (χ0v) is 12.1. The maximum atomic E-state index is 11.5. The Morgan fingerprint density at radius 2 is 1.90 bits per heavy atom. The molecular weight excluding hydrogens is 256 g/mol. The van der Waals surface area contributed by atoms with Crippen LogP contribution in [0.5, 0.6) is 5.75 Å². The van der Waals surface area contributed by atoms with E-state index in [4.69, 9.17) is 15.2 Å². The number of hydrogen-bond donors (Lipinski definition) is 2. The smallest absolute Gasteiger partial charge is 0.223 e. The van der Waals surface area contributed by atoms with Crippen molar-refractivity contribution >= 4 is 11.6 Å². The van der Waals surface area contributed by atoms with Gasteiger partial charge in [0.15, 0.2) is 0 Å². The van der Waals surface area contributed by atoms with Crippen LogP contribution in [0.3, 0.4) is 0 Å². The monoisotopic (exact) mass is 280 g/mol. The van der Waals surface area contributed by atoms with Crippen LogP contribution in [0, 0.1) is 0 Å². The van der Waals surface area contributed by atoms with Gasteiger partial charge in [-0.05, 0) is 43.5 Å². The first kappa shape index (κ1) is 16.3. The highest BCUT2D eigenvalue weighted by atomic mass is 16.5. The van der Waals surface area contributed by atoms with Crippen molar-refractivity contribution in [2.24, 2.45) is 0 Å². The summed E-state index contributed by atoms with van der Waals surface area (Å²) in [5.41, 5.74) is 6.27. The molecule has 0 aromatic heterocycles. The number of nitrogens with two attached hydrogens (primary N) is 1. The lowest BCUT2D eigenvalue weighted by atomic mass is 10.2. The summed E-state index contributed by atoms with van der Waals surface area (Å²) in [6.45, 7) is 1.87. The molecule has 5 heteroatoms. The number of rotatable bonds is 10. The molecule has 5 nitrogen and oxygen atoms in total. The van der Waals surface area contributed by atoms with Crippen LogP contribution in [0.25, 0.3) is 0 Å². The van der Waals surface area contributed by atoms with Gasteiger partial charge in [0.05, 0.1) is 13.0 Å². The van der Waals surface area contributed by atoms with Crippen molar-refractivity contribution in [3.63, 3.8) is 0 Å². The molecule has 0 unspecified atom stereocenters. The number of carbonyl (C=O) groups is 1. The van der Waals surface area contributed by atoms with Crippen molar-refractivity contribution in [2.75, 3.05) is 32.6 Å². The van der Waals surface area contributed by atoms with Gasteiger partial charge in [-0.15, -0.1) is 0 Å². The molecule has 0 saturated heterocycles. The molecule has 0 bridgehead atoms. The zero-order valence-electron chi connectivity index (χ0n) is 12.1. The second kappa shape index (κ2) is 10.1. The number of nitrogens with one attached hydrogen (secondary N) is 1. The third-order valence-corrected chi connectivity index (χ3v) is 2.83. The molecule has 0 fully saturated rings. The van der Waals surface area contributed by atoms with Crippen LogP contribution in [-0.2, 0) is 9.53 Å². The summed E-state index contributed by atoms with van der Waals surface area (Å²) in [5, 5.41) is 2.88. The van der Waals surface area contributed by atoms with E-state index < -0.39 is 0 Å². The molecule has 20 heavy (non-hydrogen) atoms. The maximum Gasteiger partial charge on any atom is 0.223 e. The number of methoxy groups -OCH3 is 1. The Balaban J connectivity index is 2.01. The Kier molecular flexibility index (Phi) is 8.22. The average Bonchev–Trinajstić information content (AvgIpc) is 2.45. The van der Waals surface area contributed by atoms with E-state index in [0.29, 0.717) is 25.3 Å². The summed E-state index contributed by atoms with van der Waals surface area (Å²) in [6.07, 6.45) is 3.44. The predicted molar refractivity (Wildman–Crippen MR) is 79.7 cm³/mol. The highest BCUT2D eigenvalue weighted by molar-refractivity contribution is 5.75. The molecule has 1 rings (SSSR count). The van der Waals surface area contributed by atoms with Crippen LogP contribution in [0.4, 0.5) is 5.69 Å². The number of benzene rings is 1. The molecule has 0 radical (unpaired) electrons. The van der Waals surface area contributed by atoms with E-state index >= 15 is 0 Å². The highest BCUT2D eigenvalue weighted by Crippen LogP contribution is 2.12. The first-order valence-electron chi connectivity index (χ1n) is 6.96. The van der Waals surface area contributed by atoms with Gasteiger partial charge in [0.1, 0.15) is 5.75 Å². The Morgan fingerprint density at radius 3 is 2.60 bits per heavy atom. The van der Waals surface area contributed by atoms with Crippen LogP contribution in [0.2, 0.25) is 0 Å². The van der Waals surface area contributed by atoms with Crippen molar-refractivity contribution in [1.82, 2.24) is 5.32 Å². The summed E-state index contributed by atoms with van der Waals surface area (Å²) < 4.78 is 10.4. The number of amides is 1. The number of nitrogen functional groups attached to an aromatic ring is 1. The van der Waals surface area contributed by atoms with E-state index in [1.807, 2.05) is 0 Å². The molecule has 0 spiro atoms. The minimum atomic E-state index is 0.0205. The van der Waals surface area contributed by atoms with Crippen LogP contribution in [0.1, 0.15) is 25.7 Å². The van der Waals surface area contributed by atoms with Crippen LogP contribution < -0.4 is 15.8 Å². The van der Waals surface area contributed by atoms with Crippen molar-refractivity contribution in [2.45, 2.75) is 25.7 Å². The number of carbonyl (C=O) groups excluding carboxylic acids is 1. The minimum absolute atomic E-state index is 0.0205. The van der Waals surface area contributed by atoms with E-state index in [1.165, 1.54) is 0 Å². The standard InChI is InChI=1S/C15H24N2O3/c1-19-11-4-2-3-10-17-15(18)9-12-20-14-7-5-13(16)6-8-14/h5-8H,2-4,9-12,16H2,1H3,(H,17,18). The van der Waals surface area contributed by atoms with Gasteiger partial charge in [-0.2, -0.15) is 0 Å². The number of hydrogen-bond acceptors (Lipinski definition) is 4. The van der Waals surface area contributed by atoms with E-state index in [9.17, 15) is 4.79 Å². The Hall–Kier alpha value is -1.75. The number of ether oxygens (including phenoxy) is 2. The van der Waals surface area contributed by atoms with Crippen LogP contribution >= 0.6 is 0 Å². The van der Waals surface area contributed by atoms with Crippen molar-refractivity contribution < 1.29 is 14.3 Å². The third-order valence-electron chi connectivity index (χ3n) is 2.83. The zero-order chi connectivity index (χ0) is 14.6. The molecule has 0 saturated carbocycles. The lowest BCUT2D eigenvalue weighted by Crippen LogP contribution is -2.25. The second-order valence-electron chi connectivity index (χ2n) is 4.57. The molecule has 3 N–H and O–H groups in total. The van der Waals surface area contributed by atoms with Gasteiger partial charge in [-0.25, -0.2) is 0 Å². The number of anilines is 1. The lowest BCUT2D eigenvalue weighted by molar-refractivity contribution is -0.121. The summed E-state index contributed by atoms with van der Waals surface area (Å²) >= 11 is 0. The molecule has 0 heterocycles. The molecule has 1 amide bonds. The summed E-state index contributed by atoms with van der Waals surface area (Å²) in [6, 6.07) is 7.14. The third kappa shape index (κ3) is 7.63. The first-order valence-corrected chi connectivity index (χ1v) is 6.96. The summed E-state index contributed by atoms with van der Waals surface area (Å²) in [5.74, 6) is 0.749. The molecular formula is C15H24N2O3. The van der Waals surface area contributed by atoms with Crippen molar-refractivity contribution in [3.05, 3.63) is 24.3 Å². The van der Waals surface area contributed by atoms with Gasteiger partial charge < -0.3 is 20.5 Å². The predicted octanol–water partition coefficient (Wildman–Crippen LogP) is 1.97. The lowest BCUT2D eigenvalue weighted by Gasteiger charge is -2.07. The molecule has 1 aromatic rings. The number of unbranched alkanes of at least 4 members (excludes halogenated alkanes) is 2. The molecule has 0 aliphatic carbocycles. The maximum absolute atomic E-state index is 11.5. The fraction of sp³-hybridized carbons (Fsp3) is 0.533. The van der Waals surface area contributed by atoms with Gasteiger partial charge in [0.2, 0.25) is 5.91 Å². The SMILES string of the molecule is COCCCCCNC(=O)CCOc1ccc(N)cc1. The van der Waals surface area contributed by atoms with E-state index in [0.717, 1.165) is 31.6 Å². The van der Waals surface area contributed by atoms with Gasteiger partial charge in [0, 0.05) is 25.9 Å². The average molecular weight is 280 g/mol. The molecule has 0 aliphatic rings. The van der Waals surface area contributed by atoms with Crippen LogP contribution in [-0.4, -0.2) is 32.8 Å². The van der Waals surface area contributed by atoms with Gasteiger partial charge in [-0.1, -0.05) is 0 Å². The second-order valence-corrected chi connectivity index (χ2v) is 4.57.